The highest BCUT2D eigenvalue weighted by molar-refractivity contribution is 5.53. The molecule has 3 N–H and O–H groups in total. The first kappa shape index (κ1) is 12.2. The van der Waals surface area contributed by atoms with Crippen LogP contribution in [0.25, 0.3) is 0 Å². The summed E-state index contributed by atoms with van der Waals surface area (Å²) in [6, 6.07) is 6.16. The fourth-order valence-electron chi connectivity index (χ4n) is 2.54. The molecule has 0 bridgehead atoms. The van der Waals surface area contributed by atoms with Crippen LogP contribution in [0.4, 0.5) is 5.69 Å². The molecule has 2 atom stereocenters. The molecule has 1 aliphatic heterocycles. The van der Waals surface area contributed by atoms with Crippen molar-refractivity contribution in [2.75, 3.05) is 12.3 Å². The van der Waals surface area contributed by atoms with E-state index in [-0.39, 0.29) is 5.75 Å². The Morgan fingerprint density at radius 1 is 1.35 bits per heavy atom. The Bertz CT molecular complexity index is 392. The number of nitrogens with two attached hydrogens (primary N) is 1. The van der Waals surface area contributed by atoms with Crippen LogP contribution in [0.1, 0.15) is 32.3 Å². The van der Waals surface area contributed by atoms with Crippen LogP contribution in [0.5, 0.6) is 5.75 Å². The number of phenols is 1. The number of aromatic hydroxyl groups is 1. The van der Waals surface area contributed by atoms with Gasteiger partial charge in [0, 0.05) is 19.1 Å². The molecule has 0 saturated carbocycles. The molecule has 2 rings (SSSR count). The van der Waals surface area contributed by atoms with Gasteiger partial charge in [-0.05, 0) is 43.4 Å². The lowest BCUT2D eigenvalue weighted by molar-refractivity contribution is 0.117. The van der Waals surface area contributed by atoms with Crippen molar-refractivity contribution in [1.29, 1.82) is 0 Å². The molecule has 2 unspecified atom stereocenters. The maximum atomic E-state index is 9.41. The normalized spacial score (nSPS) is 26.0. The molecule has 1 heterocycles. The Morgan fingerprint density at radius 2 is 2.12 bits per heavy atom. The van der Waals surface area contributed by atoms with Gasteiger partial charge in [-0.2, -0.15) is 0 Å². The number of phenolic OH excluding ortho intramolecular Hbond substituents is 1. The van der Waals surface area contributed by atoms with Gasteiger partial charge in [-0.15, -0.1) is 0 Å². The van der Waals surface area contributed by atoms with Gasteiger partial charge in [0.25, 0.3) is 0 Å². The minimum absolute atomic E-state index is 0.175. The predicted molar refractivity (Wildman–Crippen MR) is 70.8 cm³/mol. The smallest absolute Gasteiger partial charge is 0.138 e. The predicted octanol–water partition coefficient (Wildman–Crippen LogP) is 2.59. The minimum atomic E-state index is 0.175. The standard InChI is InChI=1S/C14H22N2O/c1-10-3-4-11(2)16(8-10)9-12-5-6-14(17)13(15)7-12/h5-7,10-11,17H,3-4,8-9,15H2,1-2H3. The van der Waals surface area contributed by atoms with Crippen LogP contribution in [-0.2, 0) is 6.54 Å². The van der Waals surface area contributed by atoms with E-state index in [2.05, 4.69) is 18.7 Å². The molecule has 0 amide bonds. The van der Waals surface area contributed by atoms with Crippen molar-refractivity contribution < 1.29 is 5.11 Å². The average molecular weight is 234 g/mol. The third kappa shape index (κ3) is 2.91. The molecule has 0 aromatic heterocycles. The molecule has 1 aliphatic rings. The molecule has 0 aliphatic carbocycles. The van der Waals surface area contributed by atoms with Crippen molar-refractivity contribution in [2.45, 2.75) is 39.3 Å². The van der Waals surface area contributed by atoms with E-state index in [0.717, 1.165) is 19.0 Å². The molecule has 3 heteroatoms. The van der Waals surface area contributed by atoms with E-state index >= 15 is 0 Å². The first-order chi connectivity index (χ1) is 8.06. The Labute approximate surface area is 103 Å². The number of piperidine rings is 1. The molecule has 0 spiro atoms. The molecular formula is C14H22N2O. The zero-order valence-electron chi connectivity index (χ0n) is 10.7. The van der Waals surface area contributed by atoms with Crippen molar-refractivity contribution in [3.63, 3.8) is 0 Å². The molecular weight excluding hydrogens is 212 g/mol. The summed E-state index contributed by atoms with van der Waals surface area (Å²) in [5.74, 6) is 0.953. The van der Waals surface area contributed by atoms with Gasteiger partial charge in [0.05, 0.1) is 5.69 Å². The first-order valence-corrected chi connectivity index (χ1v) is 6.37. The highest BCUT2D eigenvalue weighted by Crippen LogP contribution is 2.25. The van der Waals surface area contributed by atoms with Crippen molar-refractivity contribution in [3.05, 3.63) is 23.8 Å². The number of hydrogen-bond acceptors (Lipinski definition) is 3. The highest BCUT2D eigenvalue weighted by atomic mass is 16.3. The summed E-state index contributed by atoms with van der Waals surface area (Å²) in [5.41, 5.74) is 7.37. The molecule has 0 radical (unpaired) electrons. The molecule has 1 aromatic carbocycles. The van der Waals surface area contributed by atoms with Gasteiger partial charge in [-0.1, -0.05) is 13.0 Å². The summed E-state index contributed by atoms with van der Waals surface area (Å²) in [6.07, 6.45) is 2.60. The number of anilines is 1. The Morgan fingerprint density at radius 3 is 2.82 bits per heavy atom. The fourth-order valence-corrected chi connectivity index (χ4v) is 2.54. The summed E-state index contributed by atoms with van der Waals surface area (Å²) in [7, 11) is 0. The van der Waals surface area contributed by atoms with E-state index in [1.54, 1.807) is 6.07 Å². The summed E-state index contributed by atoms with van der Waals surface area (Å²) in [4.78, 5) is 2.50. The van der Waals surface area contributed by atoms with Gasteiger partial charge < -0.3 is 10.8 Å². The van der Waals surface area contributed by atoms with E-state index in [0.29, 0.717) is 11.7 Å². The highest BCUT2D eigenvalue weighted by Gasteiger charge is 2.22. The number of benzene rings is 1. The topological polar surface area (TPSA) is 49.5 Å². The van der Waals surface area contributed by atoms with Crippen LogP contribution in [0.2, 0.25) is 0 Å². The largest absolute Gasteiger partial charge is 0.506 e. The molecule has 1 fully saturated rings. The lowest BCUT2D eigenvalue weighted by Crippen LogP contribution is -2.40. The number of hydrogen-bond donors (Lipinski definition) is 2. The van der Waals surface area contributed by atoms with Crippen LogP contribution >= 0.6 is 0 Å². The quantitative estimate of drug-likeness (QED) is 0.611. The van der Waals surface area contributed by atoms with Crippen molar-refractivity contribution >= 4 is 5.69 Å². The van der Waals surface area contributed by atoms with Crippen molar-refractivity contribution in [3.8, 4) is 5.75 Å². The number of nitrogen functional groups attached to an aromatic ring is 1. The molecule has 17 heavy (non-hydrogen) atoms. The van der Waals surface area contributed by atoms with Gasteiger partial charge in [0.15, 0.2) is 0 Å². The third-order valence-corrected chi connectivity index (χ3v) is 3.72. The summed E-state index contributed by atoms with van der Waals surface area (Å²) in [6.45, 7) is 6.68. The van der Waals surface area contributed by atoms with Gasteiger partial charge in [-0.25, -0.2) is 0 Å². The fraction of sp³-hybridized carbons (Fsp3) is 0.571. The van der Waals surface area contributed by atoms with Crippen LogP contribution in [0.3, 0.4) is 0 Å². The second-order valence-electron chi connectivity index (χ2n) is 5.35. The molecule has 3 nitrogen and oxygen atoms in total. The van der Waals surface area contributed by atoms with E-state index in [9.17, 15) is 5.11 Å². The molecule has 1 aromatic rings. The zero-order chi connectivity index (χ0) is 12.4. The molecule has 1 saturated heterocycles. The maximum absolute atomic E-state index is 9.41. The number of nitrogens with zero attached hydrogens (tertiary/aromatic N) is 1. The molecule has 94 valence electrons. The summed E-state index contributed by atoms with van der Waals surface area (Å²) in [5, 5.41) is 9.41. The lowest BCUT2D eigenvalue weighted by atomic mass is 9.94. The number of rotatable bonds is 2. The van der Waals surface area contributed by atoms with Crippen LogP contribution in [-0.4, -0.2) is 22.6 Å². The Hall–Kier alpha value is -1.22. The average Bonchev–Trinajstić information content (AvgIpc) is 2.29. The van der Waals surface area contributed by atoms with Gasteiger partial charge in [-0.3, -0.25) is 4.90 Å². The third-order valence-electron chi connectivity index (χ3n) is 3.72. The summed E-state index contributed by atoms with van der Waals surface area (Å²) >= 11 is 0. The van der Waals surface area contributed by atoms with Crippen LogP contribution in [0, 0.1) is 5.92 Å². The first-order valence-electron chi connectivity index (χ1n) is 6.37. The monoisotopic (exact) mass is 234 g/mol. The Kier molecular flexibility index (Phi) is 3.57. The van der Waals surface area contributed by atoms with Crippen LogP contribution in [0.15, 0.2) is 18.2 Å². The van der Waals surface area contributed by atoms with Crippen LogP contribution < -0.4 is 5.73 Å². The van der Waals surface area contributed by atoms with Crippen molar-refractivity contribution in [2.24, 2.45) is 5.92 Å². The maximum Gasteiger partial charge on any atom is 0.138 e. The SMILES string of the molecule is CC1CCC(C)N(Cc2ccc(O)c(N)c2)C1. The van der Waals surface area contributed by atoms with Gasteiger partial charge in [0.2, 0.25) is 0 Å². The van der Waals surface area contributed by atoms with Gasteiger partial charge >= 0.3 is 0 Å². The second kappa shape index (κ2) is 4.96. The number of likely N-dealkylation sites (tertiary alicyclic amines) is 1. The van der Waals surface area contributed by atoms with E-state index in [4.69, 9.17) is 5.73 Å². The minimum Gasteiger partial charge on any atom is -0.506 e. The van der Waals surface area contributed by atoms with E-state index in [1.165, 1.54) is 18.4 Å². The van der Waals surface area contributed by atoms with E-state index in [1.807, 2.05) is 12.1 Å². The van der Waals surface area contributed by atoms with Gasteiger partial charge in [0.1, 0.15) is 5.75 Å². The lowest BCUT2D eigenvalue weighted by Gasteiger charge is -2.36. The van der Waals surface area contributed by atoms with E-state index < -0.39 is 0 Å². The Balaban J connectivity index is 2.06. The second-order valence-corrected chi connectivity index (χ2v) is 5.35. The summed E-state index contributed by atoms with van der Waals surface area (Å²) < 4.78 is 0. The van der Waals surface area contributed by atoms with Crippen molar-refractivity contribution in [1.82, 2.24) is 4.90 Å². The zero-order valence-corrected chi connectivity index (χ0v) is 10.7.